The summed E-state index contributed by atoms with van der Waals surface area (Å²) in [6.45, 7) is 12.4. The summed E-state index contributed by atoms with van der Waals surface area (Å²) in [5.41, 5.74) is 0.149. The monoisotopic (exact) mass is 252 g/mol. The molecule has 1 rings (SSSR count). The van der Waals surface area contributed by atoms with Gasteiger partial charge in [-0.1, -0.05) is 40.7 Å². The molecule has 1 unspecified atom stereocenters. The summed E-state index contributed by atoms with van der Waals surface area (Å²) in [6.07, 6.45) is 3.92. The third-order valence-electron chi connectivity index (χ3n) is 3.58. The molecule has 17 heavy (non-hydrogen) atoms. The molecule has 1 aromatic heterocycles. The van der Waals surface area contributed by atoms with Crippen molar-refractivity contribution in [1.82, 2.24) is 0 Å². The van der Waals surface area contributed by atoms with Crippen LogP contribution in [-0.4, -0.2) is 0 Å². The maximum atomic E-state index is 13.1. The van der Waals surface area contributed by atoms with Crippen LogP contribution in [0.5, 0.6) is 0 Å². The zero-order valence-corrected chi connectivity index (χ0v) is 11.9. The minimum Gasteiger partial charge on any atom is -0.207 e. The van der Waals surface area contributed by atoms with Crippen LogP contribution in [0.25, 0.3) is 6.08 Å². The van der Waals surface area contributed by atoms with Gasteiger partial charge in [0.05, 0.1) is 0 Å². The maximum absolute atomic E-state index is 13.1. The Morgan fingerprint density at radius 1 is 1.53 bits per heavy atom. The Bertz CT molecular complexity index is 412. The van der Waals surface area contributed by atoms with Crippen molar-refractivity contribution in [2.24, 2.45) is 5.92 Å². The van der Waals surface area contributed by atoms with Gasteiger partial charge in [0.2, 0.25) is 0 Å². The smallest absolute Gasteiger partial charge is 0.124 e. The van der Waals surface area contributed by atoms with Crippen LogP contribution in [-0.2, 0) is 5.41 Å². The van der Waals surface area contributed by atoms with Gasteiger partial charge in [0.15, 0.2) is 0 Å². The highest BCUT2D eigenvalue weighted by Crippen LogP contribution is 2.38. The Labute approximate surface area is 108 Å². The van der Waals surface area contributed by atoms with Gasteiger partial charge in [0.1, 0.15) is 5.83 Å². The Hall–Kier alpha value is -0.890. The summed E-state index contributed by atoms with van der Waals surface area (Å²) < 4.78 is 13.1. The van der Waals surface area contributed by atoms with Gasteiger partial charge in [0, 0.05) is 15.2 Å². The van der Waals surface area contributed by atoms with E-state index in [2.05, 4.69) is 40.3 Å². The van der Waals surface area contributed by atoms with Crippen molar-refractivity contribution in [3.63, 3.8) is 0 Å². The normalized spacial score (nSPS) is 14.8. The summed E-state index contributed by atoms with van der Waals surface area (Å²) >= 11 is 1.66. The lowest BCUT2D eigenvalue weighted by Crippen LogP contribution is -2.24. The lowest BCUT2D eigenvalue weighted by molar-refractivity contribution is 0.341. The molecule has 0 spiro atoms. The van der Waals surface area contributed by atoms with Crippen molar-refractivity contribution < 1.29 is 4.39 Å². The molecule has 0 aliphatic heterocycles. The van der Waals surface area contributed by atoms with Crippen molar-refractivity contribution >= 4 is 17.4 Å². The molecule has 0 saturated heterocycles. The van der Waals surface area contributed by atoms with Crippen LogP contribution in [0.1, 0.15) is 43.9 Å². The number of hydrogen-bond acceptors (Lipinski definition) is 1. The highest BCUT2D eigenvalue weighted by atomic mass is 32.1. The van der Waals surface area contributed by atoms with Gasteiger partial charge in [-0.05, 0) is 30.2 Å². The third-order valence-corrected chi connectivity index (χ3v) is 4.95. The largest absolute Gasteiger partial charge is 0.207 e. The van der Waals surface area contributed by atoms with Crippen molar-refractivity contribution in [2.75, 3.05) is 0 Å². The van der Waals surface area contributed by atoms with Gasteiger partial charge in [-0.3, -0.25) is 0 Å². The molecule has 0 radical (unpaired) electrons. The van der Waals surface area contributed by atoms with E-state index >= 15 is 0 Å². The van der Waals surface area contributed by atoms with E-state index < -0.39 is 0 Å². The zero-order valence-electron chi connectivity index (χ0n) is 11.1. The molecule has 0 bridgehead atoms. The van der Waals surface area contributed by atoms with Crippen LogP contribution >= 0.6 is 11.3 Å². The summed E-state index contributed by atoms with van der Waals surface area (Å²) in [7, 11) is 0. The van der Waals surface area contributed by atoms with Crippen LogP contribution < -0.4 is 0 Å². The first-order valence-electron chi connectivity index (χ1n) is 6.01. The minimum atomic E-state index is -0.278. The second kappa shape index (κ2) is 5.63. The van der Waals surface area contributed by atoms with Crippen LogP contribution in [0, 0.1) is 5.92 Å². The topological polar surface area (TPSA) is 0 Å². The number of thiophene rings is 1. The summed E-state index contributed by atoms with van der Waals surface area (Å²) in [5.74, 6) is 0.335. The number of allylic oxidation sites excluding steroid dienone is 2. The lowest BCUT2D eigenvalue weighted by Gasteiger charge is -2.30. The molecular weight excluding hydrogens is 231 g/mol. The van der Waals surface area contributed by atoms with E-state index in [1.165, 1.54) is 17.0 Å². The average Bonchev–Trinajstić information content (AvgIpc) is 2.76. The van der Waals surface area contributed by atoms with Gasteiger partial charge in [-0.25, -0.2) is 4.39 Å². The highest BCUT2D eigenvalue weighted by Gasteiger charge is 2.27. The van der Waals surface area contributed by atoms with Crippen LogP contribution in [0.3, 0.4) is 0 Å². The first-order valence-corrected chi connectivity index (χ1v) is 6.83. The van der Waals surface area contributed by atoms with E-state index in [-0.39, 0.29) is 11.2 Å². The Balaban J connectivity index is 2.99. The fraction of sp³-hybridized carbons (Fsp3) is 0.467. The number of hydrogen-bond donors (Lipinski definition) is 0. The van der Waals surface area contributed by atoms with Crippen molar-refractivity contribution in [3.05, 3.63) is 40.4 Å². The van der Waals surface area contributed by atoms with E-state index in [0.29, 0.717) is 5.92 Å². The first-order chi connectivity index (χ1) is 7.91. The second-order valence-corrected chi connectivity index (χ2v) is 6.08. The molecule has 0 amide bonds. The molecule has 0 saturated carbocycles. The van der Waals surface area contributed by atoms with Gasteiger partial charge >= 0.3 is 0 Å². The fourth-order valence-electron chi connectivity index (χ4n) is 1.72. The number of rotatable bonds is 5. The Morgan fingerprint density at radius 3 is 2.71 bits per heavy atom. The average molecular weight is 252 g/mol. The van der Waals surface area contributed by atoms with Crippen molar-refractivity contribution in [2.45, 2.75) is 39.5 Å². The SMILES string of the molecule is C=C/C(F)=C/c1ccc(C(C)(C)C(C)CC)s1. The molecule has 1 aromatic rings. The zero-order chi connectivity index (χ0) is 13.1. The quantitative estimate of drug-likeness (QED) is 0.601. The summed E-state index contributed by atoms with van der Waals surface area (Å²) in [4.78, 5) is 2.27. The highest BCUT2D eigenvalue weighted by molar-refractivity contribution is 7.13. The predicted octanol–water partition coefficient (Wildman–Crippen LogP) is 5.57. The first kappa shape index (κ1) is 14.2. The van der Waals surface area contributed by atoms with E-state index in [1.54, 1.807) is 11.3 Å². The maximum Gasteiger partial charge on any atom is 0.124 e. The molecule has 0 aromatic carbocycles. The van der Waals surface area contributed by atoms with Gasteiger partial charge < -0.3 is 0 Å². The van der Waals surface area contributed by atoms with E-state index in [1.807, 2.05) is 6.07 Å². The predicted molar refractivity (Wildman–Crippen MR) is 76.1 cm³/mol. The second-order valence-electron chi connectivity index (χ2n) is 4.97. The molecule has 0 nitrogen and oxygen atoms in total. The Kier molecular flexibility index (Phi) is 4.70. The molecule has 1 heterocycles. The molecule has 2 heteroatoms. The van der Waals surface area contributed by atoms with Gasteiger partial charge in [-0.2, -0.15) is 0 Å². The molecule has 0 fully saturated rings. The van der Waals surface area contributed by atoms with E-state index in [9.17, 15) is 4.39 Å². The third kappa shape index (κ3) is 3.29. The fourth-order valence-corrected chi connectivity index (χ4v) is 2.89. The lowest BCUT2D eigenvalue weighted by atomic mass is 9.77. The summed E-state index contributed by atoms with van der Waals surface area (Å²) in [6, 6.07) is 4.09. The van der Waals surface area contributed by atoms with Gasteiger partial charge in [0.25, 0.3) is 0 Å². The standard InChI is InChI=1S/C15H21FS/c1-6-11(3)15(4,5)14-9-8-13(17-14)10-12(16)7-2/h7-11H,2,6H2,1,3-5H3/b12-10-. The van der Waals surface area contributed by atoms with Crippen LogP contribution in [0.2, 0.25) is 0 Å². The van der Waals surface area contributed by atoms with Gasteiger partial charge in [-0.15, -0.1) is 11.3 Å². The summed E-state index contributed by atoms with van der Waals surface area (Å²) in [5, 5.41) is 0. The minimum absolute atomic E-state index is 0.149. The van der Waals surface area contributed by atoms with Crippen molar-refractivity contribution in [3.8, 4) is 0 Å². The van der Waals surface area contributed by atoms with E-state index in [0.717, 1.165) is 11.3 Å². The number of halogens is 1. The van der Waals surface area contributed by atoms with Crippen LogP contribution in [0.4, 0.5) is 4.39 Å². The molecule has 94 valence electrons. The molecule has 0 N–H and O–H groups in total. The van der Waals surface area contributed by atoms with E-state index in [4.69, 9.17) is 0 Å². The Morgan fingerprint density at radius 2 is 2.18 bits per heavy atom. The molecular formula is C15H21FS. The molecule has 1 atom stereocenters. The van der Waals surface area contributed by atoms with Crippen molar-refractivity contribution in [1.29, 1.82) is 0 Å². The molecule has 0 aliphatic carbocycles. The van der Waals surface area contributed by atoms with Crippen LogP contribution in [0.15, 0.2) is 30.6 Å². The molecule has 0 aliphatic rings.